The molecule has 6 heteroatoms. The number of esters is 1. The lowest BCUT2D eigenvalue weighted by Crippen LogP contribution is -2.29. The summed E-state index contributed by atoms with van der Waals surface area (Å²) < 4.78 is 5.18. The number of carbonyl (C=O) groups is 2. The predicted octanol–water partition coefficient (Wildman–Crippen LogP) is 1.79. The van der Waals surface area contributed by atoms with Gasteiger partial charge in [-0.2, -0.15) is 0 Å². The van der Waals surface area contributed by atoms with Crippen molar-refractivity contribution in [1.29, 1.82) is 0 Å². The monoisotopic (exact) mass is 315 g/mol. The molecule has 5 nitrogen and oxygen atoms in total. The third-order valence-electron chi connectivity index (χ3n) is 2.42. The number of rotatable bonds is 4. The second kappa shape index (κ2) is 6.39. The van der Waals surface area contributed by atoms with Gasteiger partial charge in [0.25, 0.3) is 5.91 Å². The summed E-state index contributed by atoms with van der Waals surface area (Å²) in [6, 6.07) is 4.64. The van der Waals surface area contributed by atoms with Crippen molar-refractivity contribution in [2.45, 2.75) is 6.42 Å². The van der Waals surface area contributed by atoms with Crippen molar-refractivity contribution in [2.24, 2.45) is 0 Å². The SMILES string of the molecule is COC(=O)CCN(C)C(=O)c1ccc(Br)cc1O. The number of carbonyl (C=O) groups excluding carboxylic acids is 2. The summed E-state index contributed by atoms with van der Waals surface area (Å²) in [5, 5.41) is 9.67. The third kappa shape index (κ3) is 3.73. The first kappa shape index (κ1) is 14.5. The second-order valence-electron chi connectivity index (χ2n) is 3.71. The molecule has 0 radical (unpaired) electrons. The number of phenolic OH excluding ortho intramolecular Hbond substituents is 1. The van der Waals surface area contributed by atoms with Gasteiger partial charge in [0, 0.05) is 18.1 Å². The average Bonchev–Trinajstić information content (AvgIpc) is 2.34. The van der Waals surface area contributed by atoms with E-state index in [4.69, 9.17) is 0 Å². The molecule has 18 heavy (non-hydrogen) atoms. The molecule has 0 heterocycles. The van der Waals surface area contributed by atoms with E-state index in [0.717, 1.165) is 0 Å². The average molecular weight is 316 g/mol. The highest BCUT2D eigenvalue weighted by molar-refractivity contribution is 9.10. The van der Waals surface area contributed by atoms with Crippen LogP contribution in [0.1, 0.15) is 16.8 Å². The molecule has 1 aromatic carbocycles. The van der Waals surface area contributed by atoms with Gasteiger partial charge in [0.15, 0.2) is 0 Å². The van der Waals surface area contributed by atoms with Gasteiger partial charge in [-0.1, -0.05) is 15.9 Å². The quantitative estimate of drug-likeness (QED) is 0.860. The zero-order chi connectivity index (χ0) is 13.7. The Labute approximate surface area is 113 Å². The number of phenols is 1. The Balaban J connectivity index is 2.71. The van der Waals surface area contributed by atoms with Gasteiger partial charge in [-0.05, 0) is 18.2 Å². The van der Waals surface area contributed by atoms with E-state index in [-0.39, 0.29) is 36.2 Å². The van der Waals surface area contributed by atoms with Gasteiger partial charge < -0.3 is 14.7 Å². The first-order valence-electron chi connectivity index (χ1n) is 5.26. The van der Waals surface area contributed by atoms with E-state index in [0.29, 0.717) is 4.47 Å². The molecule has 0 atom stereocenters. The molecule has 98 valence electrons. The lowest BCUT2D eigenvalue weighted by Gasteiger charge is -2.17. The molecule has 0 spiro atoms. The number of hydrogen-bond acceptors (Lipinski definition) is 4. The number of halogens is 1. The maximum absolute atomic E-state index is 12.0. The number of amides is 1. The molecule has 0 fully saturated rings. The summed E-state index contributed by atoms with van der Waals surface area (Å²) in [7, 11) is 2.86. The summed E-state index contributed by atoms with van der Waals surface area (Å²) in [6.07, 6.45) is 0.121. The molecular formula is C12H14BrNO4. The van der Waals surface area contributed by atoms with Crippen molar-refractivity contribution < 1.29 is 19.4 Å². The van der Waals surface area contributed by atoms with Crippen LogP contribution in [0.2, 0.25) is 0 Å². The topological polar surface area (TPSA) is 66.8 Å². The number of ether oxygens (including phenoxy) is 1. The van der Waals surface area contributed by atoms with E-state index < -0.39 is 0 Å². The zero-order valence-corrected chi connectivity index (χ0v) is 11.7. The lowest BCUT2D eigenvalue weighted by molar-refractivity contribution is -0.140. The minimum atomic E-state index is -0.380. The van der Waals surface area contributed by atoms with E-state index in [1.807, 2.05) is 0 Å². The molecule has 0 saturated heterocycles. The number of aromatic hydroxyl groups is 1. The maximum Gasteiger partial charge on any atom is 0.307 e. The van der Waals surface area contributed by atoms with E-state index in [2.05, 4.69) is 20.7 Å². The summed E-state index contributed by atoms with van der Waals surface area (Å²) in [4.78, 5) is 24.3. The number of benzene rings is 1. The Morgan fingerprint density at radius 2 is 2.11 bits per heavy atom. The van der Waals surface area contributed by atoms with E-state index >= 15 is 0 Å². The molecule has 1 rings (SSSR count). The van der Waals surface area contributed by atoms with Crippen LogP contribution < -0.4 is 0 Å². The molecule has 0 aromatic heterocycles. The van der Waals surface area contributed by atoms with Crippen LogP contribution in [-0.4, -0.2) is 42.6 Å². The van der Waals surface area contributed by atoms with Crippen LogP contribution >= 0.6 is 15.9 Å². The molecule has 0 aliphatic carbocycles. The molecule has 1 N–H and O–H groups in total. The van der Waals surface area contributed by atoms with Crippen molar-refractivity contribution in [3.05, 3.63) is 28.2 Å². The smallest absolute Gasteiger partial charge is 0.307 e. The molecule has 1 aromatic rings. The van der Waals surface area contributed by atoms with Crippen LogP contribution in [0.5, 0.6) is 5.75 Å². The molecule has 0 aliphatic rings. The number of hydrogen-bond donors (Lipinski definition) is 1. The number of methoxy groups -OCH3 is 1. The fraction of sp³-hybridized carbons (Fsp3) is 0.333. The van der Waals surface area contributed by atoms with Crippen molar-refractivity contribution in [3.63, 3.8) is 0 Å². The summed E-state index contributed by atoms with van der Waals surface area (Å²) in [5.74, 6) is -0.821. The summed E-state index contributed by atoms with van der Waals surface area (Å²) in [5.41, 5.74) is 0.200. The Hall–Kier alpha value is -1.56. The van der Waals surface area contributed by atoms with Gasteiger partial charge in [0.05, 0.1) is 19.1 Å². The molecule has 0 bridgehead atoms. The molecule has 1 amide bonds. The van der Waals surface area contributed by atoms with Crippen molar-refractivity contribution in [3.8, 4) is 5.75 Å². The highest BCUT2D eigenvalue weighted by Gasteiger charge is 2.16. The van der Waals surface area contributed by atoms with Crippen molar-refractivity contribution in [2.75, 3.05) is 20.7 Å². The highest BCUT2D eigenvalue weighted by atomic mass is 79.9. The predicted molar refractivity (Wildman–Crippen MR) is 69.4 cm³/mol. The zero-order valence-electron chi connectivity index (χ0n) is 10.1. The molecule has 0 unspecified atom stereocenters. The Morgan fingerprint density at radius 3 is 2.67 bits per heavy atom. The number of nitrogens with zero attached hydrogens (tertiary/aromatic N) is 1. The maximum atomic E-state index is 12.0. The Bertz CT molecular complexity index is 461. The van der Waals surface area contributed by atoms with Gasteiger partial charge in [-0.3, -0.25) is 9.59 Å². The first-order chi connectivity index (χ1) is 8.45. The minimum absolute atomic E-state index is 0.0979. The lowest BCUT2D eigenvalue weighted by atomic mass is 10.2. The Kier molecular flexibility index (Phi) is 5.15. The van der Waals surface area contributed by atoms with Gasteiger partial charge in [0.1, 0.15) is 5.75 Å². The van der Waals surface area contributed by atoms with E-state index in [9.17, 15) is 14.7 Å². The Morgan fingerprint density at radius 1 is 1.44 bits per heavy atom. The van der Waals surface area contributed by atoms with E-state index in [1.165, 1.54) is 24.1 Å². The molecule has 0 aliphatic heterocycles. The minimum Gasteiger partial charge on any atom is -0.507 e. The van der Waals surface area contributed by atoms with Crippen molar-refractivity contribution >= 4 is 27.8 Å². The van der Waals surface area contributed by atoms with Gasteiger partial charge in [0.2, 0.25) is 0 Å². The van der Waals surface area contributed by atoms with Gasteiger partial charge in [-0.25, -0.2) is 0 Å². The van der Waals surface area contributed by atoms with Crippen LogP contribution in [0.3, 0.4) is 0 Å². The van der Waals surface area contributed by atoms with E-state index in [1.54, 1.807) is 13.1 Å². The van der Waals surface area contributed by atoms with Crippen LogP contribution in [0.25, 0.3) is 0 Å². The highest BCUT2D eigenvalue weighted by Crippen LogP contribution is 2.23. The normalized spacial score (nSPS) is 9.94. The van der Waals surface area contributed by atoms with Crippen LogP contribution in [-0.2, 0) is 9.53 Å². The van der Waals surface area contributed by atoms with Crippen molar-refractivity contribution in [1.82, 2.24) is 4.90 Å². The standard InChI is InChI=1S/C12H14BrNO4/c1-14(6-5-11(16)18-2)12(17)9-4-3-8(13)7-10(9)15/h3-4,7,15H,5-6H2,1-2H3. The third-order valence-corrected chi connectivity index (χ3v) is 2.91. The van der Waals surface area contributed by atoms with Crippen LogP contribution in [0.4, 0.5) is 0 Å². The molecular weight excluding hydrogens is 302 g/mol. The van der Waals surface area contributed by atoms with Crippen LogP contribution in [0.15, 0.2) is 22.7 Å². The van der Waals surface area contributed by atoms with Gasteiger partial charge in [-0.15, -0.1) is 0 Å². The molecule has 0 saturated carbocycles. The fourth-order valence-corrected chi connectivity index (χ4v) is 1.70. The largest absolute Gasteiger partial charge is 0.507 e. The summed E-state index contributed by atoms with van der Waals surface area (Å²) >= 11 is 3.20. The van der Waals surface area contributed by atoms with Crippen LogP contribution in [0, 0.1) is 0 Å². The fourth-order valence-electron chi connectivity index (χ4n) is 1.35. The second-order valence-corrected chi connectivity index (χ2v) is 4.63. The first-order valence-corrected chi connectivity index (χ1v) is 6.05. The summed E-state index contributed by atoms with van der Waals surface area (Å²) in [6.45, 7) is 0.237. The van der Waals surface area contributed by atoms with Gasteiger partial charge >= 0.3 is 5.97 Å².